The summed E-state index contributed by atoms with van der Waals surface area (Å²) in [6.45, 7) is 0. The minimum absolute atomic E-state index is 0.228. The fourth-order valence-electron chi connectivity index (χ4n) is 2.56. The van der Waals surface area contributed by atoms with E-state index in [1.165, 1.54) is 25.0 Å². The first-order chi connectivity index (χ1) is 9.95. The molecule has 0 bridgehead atoms. The number of amides is 2. The van der Waals surface area contributed by atoms with E-state index in [1.54, 1.807) is 12.1 Å². The molecule has 1 fully saturated rings. The van der Waals surface area contributed by atoms with Crippen LogP contribution in [0.5, 0.6) is 0 Å². The van der Waals surface area contributed by atoms with Crippen molar-refractivity contribution in [3.63, 3.8) is 0 Å². The quantitative estimate of drug-likeness (QED) is 0.843. The van der Waals surface area contributed by atoms with Gasteiger partial charge in [-0.25, -0.2) is 13.2 Å². The number of rotatable bonds is 3. The number of benzene rings is 1. The number of sulfone groups is 1. The van der Waals surface area contributed by atoms with Gasteiger partial charge in [-0.05, 0) is 37.1 Å². The summed E-state index contributed by atoms with van der Waals surface area (Å²) in [4.78, 5) is 12.2. The molecule has 2 rings (SSSR count). The van der Waals surface area contributed by atoms with Gasteiger partial charge in [0.2, 0.25) is 0 Å². The van der Waals surface area contributed by atoms with Gasteiger partial charge in [-0.3, -0.25) is 0 Å². The summed E-state index contributed by atoms with van der Waals surface area (Å²) in [5.74, 6) is 0. The van der Waals surface area contributed by atoms with Crippen LogP contribution >= 0.6 is 0 Å². The number of carbonyl (C=O) groups is 1. The predicted octanol–water partition coefficient (Wildman–Crippen LogP) is 2.93. The average molecular weight is 310 g/mol. The zero-order valence-electron chi connectivity index (χ0n) is 12.3. The summed E-state index contributed by atoms with van der Waals surface area (Å²) in [5.41, 5.74) is 0.591. The monoisotopic (exact) mass is 310 g/mol. The van der Waals surface area contributed by atoms with Gasteiger partial charge in [-0.1, -0.05) is 25.7 Å². The lowest BCUT2D eigenvalue weighted by Gasteiger charge is -2.16. The molecule has 2 amide bonds. The molecule has 1 aromatic rings. The fourth-order valence-corrected chi connectivity index (χ4v) is 3.19. The third kappa shape index (κ3) is 5.04. The van der Waals surface area contributed by atoms with Gasteiger partial charge in [0.15, 0.2) is 9.84 Å². The second-order valence-corrected chi connectivity index (χ2v) is 7.60. The topological polar surface area (TPSA) is 75.3 Å². The van der Waals surface area contributed by atoms with Gasteiger partial charge in [0.25, 0.3) is 0 Å². The summed E-state index contributed by atoms with van der Waals surface area (Å²) in [6.07, 6.45) is 8.02. The second-order valence-electron chi connectivity index (χ2n) is 5.58. The van der Waals surface area contributed by atoms with Gasteiger partial charge in [-0.15, -0.1) is 0 Å². The molecular weight excluding hydrogens is 288 g/mol. The van der Waals surface area contributed by atoms with Crippen molar-refractivity contribution in [2.45, 2.75) is 49.5 Å². The Bertz CT molecular complexity index is 573. The molecule has 0 heterocycles. The van der Waals surface area contributed by atoms with Crippen molar-refractivity contribution < 1.29 is 13.2 Å². The van der Waals surface area contributed by atoms with Crippen molar-refractivity contribution in [3.05, 3.63) is 24.3 Å². The number of carbonyl (C=O) groups excluding carboxylic acids is 1. The van der Waals surface area contributed by atoms with Gasteiger partial charge < -0.3 is 10.6 Å². The molecule has 6 heteroatoms. The number of hydrogen-bond acceptors (Lipinski definition) is 3. The van der Waals surface area contributed by atoms with Crippen LogP contribution in [0, 0.1) is 0 Å². The number of hydrogen-bond donors (Lipinski definition) is 2. The van der Waals surface area contributed by atoms with Crippen LogP contribution in [-0.2, 0) is 9.84 Å². The van der Waals surface area contributed by atoms with Gasteiger partial charge >= 0.3 is 6.03 Å². The van der Waals surface area contributed by atoms with Crippen molar-refractivity contribution in [3.8, 4) is 0 Å². The number of anilines is 1. The predicted molar refractivity (Wildman–Crippen MR) is 83.2 cm³/mol. The maximum Gasteiger partial charge on any atom is 0.319 e. The molecule has 0 saturated heterocycles. The lowest BCUT2D eigenvalue weighted by molar-refractivity contribution is 0.247. The van der Waals surface area contributed by atoms with Crippen molar-refractivity contribution in [1.82, 2.24) is 5.32 Å². The molecule has 1 aliphatic carbocycles. The Labute approximate surface area is 126 Å². The van der Waals surface area contributed by atoms with Gasteiger partial charge in [0.05, 0.1) is 4.90 Å². The fraction of sp³-hybridized carbons (Fsp3) is 0.533. The average Bonchev–Trinajstić information content (AvgIpc) is 2.67. The van der Waals surface area contributed by atoms with Crippen LogP contribution in [0.4, 0.5) is 10.5 Å². The van der Waals surface area contributed by atoms with E-state index in [4.69, 9.17) is 0 Å². The molecule has 1 aromatic carbocycles. The molecule has 0 unspecified atom stereocenters. The molecular formula is C15H22N2O3S. The van der Waals surface area contributed by atoms with Crippen LogP contribution in [0.2, 0.25) is 0 Å². The van der Waals surface area contributed by atoms with Crippen LogP contribution in [-0.4, -0.2) is 26.7 Å². The lowest BCUT2D eigenvalue weighted by atomic mass is 10.1. The highest BCUT2D eigenvalue weighted by Gasteiger charge is 2.14. The Morgan fingerprint density at radius 2 is 1.62 bits per heavy atom. The molecule has 116 valence electrons. The highest BCUT2D eigenvalue weighted by molar-refractivity contribution is 7.90. The maximum atomic E-state index is 11.9. The molecule has 1 aliphatic rings. The Balaban J connectivity index is 1.90. The first kappa shape index (κ1) is 15.8. The molecule has 0 radical (unpaired) electrons. The van der Waals surface area contributed by atoms with Crippen LogP contribution < -0.4 is 10.6 Å². The van der Waals surface area contributed by atoms with Gasteiger partial charge in [0, 0.05) is 18.0 Å². The minimum atomic E-state index is -3.20. The Hall–Kier alpha value is -1.56. The van der Waals surface area contributed by atoms with Crippen LogP contribution in [0.25, 0.3) is 0 Å². The summed E-state index contributed by atoms with van der Waals surface area (Å²) in [6, 6.07) is 6.20. The first-order valence-corrected chi connectivity index (χ1v) is 9.22. The number of nitrogens with one attached hydrogen (secondary N) is 2. The summed E-state index contributed by atoms with van der Waals surface area (Å²) < 4.78 is 22.7. The van der Waals surface area contributed by atoms with Gasteiger partial charge in [-0.2, -0.15) is 0 Å². The third-order valence-corrected chi connectivity index (χ3v) is 4.86. The molecule has 21 heavy (non-hydrogen) atoms. The smallest absolute Gasteiger partial charge is 0.319 e. The Morgan fingerprint density at radius 3 is 2.14 bits per heavy atom. The number of urea groups is 1. The van der Waals surface area contributed by atoms with E-state index in [2.05, 4.69) is 10.6 Å². The highest BCUT2D eigenvalue weighted by Crippen LogP contribution is 2.18. The summed E-state index contributed by atoms with van der Waals surface area (Å²) in [7, 11) is -3.20. The SMILES string of the molecule is CS(=O)(=O)c1ccc(NC(=O)NC2CCCCCC2)cc1. The van der Waals surface area contributed by atoms with Crippen LogP contribution in [0.15, 0.2) is 29.2 Å². The minimum Gasteiger partial charge on any atom is -0.335 e. The molecule has 0 atom stereocenters. The van der Waals surface area contributed by atoms with Crippen LogP contribution in [0.3, 0.4) is 0 Å². The second kappa shape index (κ2) is 6.93. The van der Waals surface area contributed by atoms with E-state index < -0.39 is 9.84 Å². The van der Waals surface area contributed by atoms with E-state index in [0.29, 0.717) is 5.69 Å². The molecule has 0 aliphatic heterocycles. The normalized spacial score (nSPS) is 17.0. The van der Waals surface area contributed by atoms with E-state index in [0.717, 1.165) is 31.9 Å². The standard InChI is InChI=1S/C15H22N2O3S/c1-21(19,20)14-10-8-13(9-11-14)17-15(18)16-12-6-4-2-3-5-7-12/h8-12H,2-7H2,1H3,(H2,16,17,18). The molecule has 0 spiro atoms. The Kier molecular flexibility index (Phi) is 5.22. The lowest BCUT2D eigenvalue weighted by Crippen LogP contribution is -2.37. The zero-order chi connectivity index (χ0) is 15.3. The van der Waals surface area contributed by atoms with E-state index >= 15 is 0 Å². The molecule has 5 nitrogen and oxygen atoms in total. The highest BCUT2D eigenvalue weighted by atomic mass is 32.2. The maximum absolute atomic E-state index is 11.9. The summed E-state index contributed by atoms with van der Waals surface area (Å²) >= 11 is 0. The van der Waals surface area contributed by atoms with Crippen molar-refractivity contribution >= 4 is 21.6 Å². The van der Waals surface area contributed by atoms with Gasteiger partial charge in [0.1, 0.15) is 0 Å². The van der Waals surface area contributed by atoms with E-state index in [9.17, 15) is 13.2 Å². The van der Waals surface area contributed by atoms with Crippen LogP contribution in [0.1, 0.15) is 38.5 Å². The van der Waals surface area contributed by atoms with Crippen molar-refractivity contribution in [1.29, 1.82) is 0 Å². The zero-order valence-corrected chi connectivity index (χ0v) is 13.1. The van der Waals surface area contributed by atoms with Crippen molar-refractivity contribution in [2.75, 3.05) is 11.6 Å². The van der Waals surface area contributed by atoms with E-state index in [-0.39, 0.29) is 17.0 Å². The molecule has 2 N–H and O–H groups in total. The largest absolute Gasteiger partial charge is 0.335 e. The van der Waals surface area contributed by atoms with E-state index in [1.807, 2.05) is 0 Å². The molecule has 1 saturated carbocycles. The Morgan fingerprint density at radius 1 is 1.05 bits per heavy atom. The molecule has 0 aromatic heterocycles. The first-order valence-electron chi connectivity index (χ1n) is 7.33. The van der Waals surface area contributed by atoms with Crippen molar-refractivity contribution in [2.24, 2.45) is 0 Å². The summed E-state index contributed by atoms with van der Waals surface area (Å²) in [5, 5.41) is 5.73. The third-order valence-electron chi connectivity index (χ3n) is 3.73.